The average Bonchev–Trinajstić information content (AvgIpc) is 1.98. The minimum atomic E-state index is -0.417. The second kappa shape index (κ2) is 4.60. The van der Waals surface area contributed by atoms with E-state index in [0.29, 0.717) is 11.3 Å². The zero-order chi connectivity index (χ0) is 11.6. The van der Waals surface area contributed by atoms with Crippen LogP contribution in [0.1, 0.15) is 33.6 Å². The van der Waals surface area contributed by atoms with Gasteiger partial charge in [-0.25, -0.2) is 4.79 Å². The fraction of sp³-hybridized carbons (Fsp3) is 0.909. The SMILES string of the molecule is CN(CC1CC(Cl)C1)C(=O)OC(C)(C)C. The van der Waals surface area contributed by atoms with Gasteiger partial charge in [0.05, 0.1) is 0 Å². The molecule has 0 atom stereocenters. The number of halogens is 1. The topological polar surface area (TPSA) is 29.5 Å². The van der Waals surface area contributed by atoms with E-state index >= 15 is 0 Å². The molecule has 0 saturated heterocycles. The first-order valence-electron chi connectivity index (χ1n) is 5.36. The summed E-state index contributed by atoms with van der Waals surface area (Å²) in [4.78, 5) is 13.2. The largest absolute Gasteiger partial charge is 0.444 e. The molecule has 0 aromatic heterocycles. The van der Waals surface area contributed by atoms with E-state index in [1.54, 1.807) is 11.9 Å². The van der Waals surface area contributed by atoms with E-state index in [2.05, 4.69) is 0 Å². The molecule has 1 saturated carbocycles. The zero-order valence-corrected chi connectivity index (χ0v) is 10.7. The zero-order valence-electron chi connectivity index (χ0n) is 9.92. The molecule has 0 N–H and O–H groups in total. The number of carbonyl (C=O) groups is 1. The van der Waals surface area contributed by atoms with Gasteiger partial charge in [0.25, 0.3) is 0 Å². The van der Waals surface area contributed by atoms with E-state index < -0.39 is 5.60 Å². The predicted molar refractivity (Wildman–Crippen MR) is 61.2 cm³/mol. The number of hydrogen-bond donors (Lipinski definition) is 0. The van der Waals surface area contributed by atoms with Crippen LogP contribution in [-0.2, 0) is 4.74 Å². The summed E-state index contributed by atoms with van der Waals surface area (Å²) in [5.41, 5.74) is -0.417. The van der Waals surface area contributed by atoms with Crippen molar-refractivity contribution in [3.8, 4) is 0 Å². The highest BCUT2D eigenvalue weighted by Gasteiger charge is 2.30. The van der Waals surface area contributed by atoms with Crippen molar-refractivity contribution in [1.29, 1.82) is 0 Å². The lowest BCUT2D eigenvalue weighted by molar-refractivity contribution is 0.0250. The van der Waals surface area contributed by atoms with E-state index in [4.69, 9.17) is 16.3 Å². The molecule has 1 aliphatic carbocycles. The fourth-order valence-electron chi connectivity index (χ4n) is 1.61. The molecule has 1 aliphatic rings. The van der Waals surface area contributed by atoms with Crippen LogP contribution in [0.2, 0.25) is 0 Å². The highest BCUT2D eigenvalue weighted by atomic mass is 35.5. The predicted octanol–water partition coefficient (Wildman–Crippen LogP) is 2.87. The van der Waals surface area contributed by atoms with Crippen LogP contribution in [0.25, 0.3) is 0 Å². The standard InChI is InChI=1S/C11H20ClNO2/c1-11(2,3)15-10(14)13(4)7-8-5-9(12)6-8/h8-9H,5-7H2,1-4H3. The first-order chi connectivity index (χ1) is 6.78. The molecule has 0 radical (unpaired) electrons. The summed E-state index contributed by atoms with van der Waals surface area (Å²) >= 11 is 5.88. The number of ether oxygens (including phenoxy) is 1. The van der Waals surface area contributed by atoms with Crippen LogP contribution in [0.3, 0.4) is 0 Å². The van der Waals surface area contributed by atoms with E-state index in [0.717, 1.165) is 19.4 Å². The van der Waals surface area contributed by atoms with Crippen LogP contribution >= 0.6 is 11.6 Å². The van der Waals surface area contributed by atoms with Gasteiger partial charge in [-0.2, -0.15) is 0 Å². The molecular formula is C11H20ClNO2. The first-order valence-corrected chi connectivity index (χ1v) is 5.80. The second-order valence-corrected chi connectivity index (χ2v) is 5.91. The van der Waals surface area contributed by atoms with Crippen LogP contribution in [0.5, 0.6) is 0 Å². The number of carbonyl (C=O) groups excluding carboxylic acids is 1. The third-order valence-corrected chi connectivity index (χ3v) is 2.77. The van der Waals surface area contributed by atoms with Gasteiger partial charge in [-0.1, -0.05) is 0 Å². The molecular weight excluding hydrogens is 214 g/mol. The molecule has 1 rings (SSSR count). The minimum Gasteiger partial charge on any atom is -0.444 e. The van der Waals surface area contributed by atoms with Gasteiger partial charge < -0.3 is 9.64 Å². The molecule has 3 nitrogen and oxygen atoms in total. The molecule has 15 heavy (non-hydrogen) atoms. The average molecular weight is 234 g/mol. The molecule has 4 heteroatoms. The Hall–Kier alpha value is -0.440. The van der Waals surface area contributed by atoms with E-state index in [1.165, 1.54) is 0 Å². The molecule has 1 fully saturated rings. The maximum absolute atomic E-state index is 11.6. The highest BCUT2D eigenvalue weighted by Crippen LogP contribution is 2.32. The van der Waals surface area contributed by atoms with Gasteiger partial charge >= 0.3 is 6.09 Å². The summed E-state index contributed by atoms with van der Waals surface area (Å²) in [7, 11) is 1.77. The molecule has 0 spiro atoms. The van der Waals surface area contributed by atoms with E-state index in [1.807, 2.05) is 20.8 Å². The van der Waals surface area contributed by atoms with Gasteiger partial charge in [-0.3, -0.25) is 0 Å². The minimum absolute atomic E-state index is 0.250. The summed E-state index contributed by atoms with van der Waals surface area (Å²) in [6, 6.07) is 0. The summed E-state index contributed by atoms with van der Waals surface area (Å²) in [6.45, 7) is 6.36. The Morgan fingerprint density at radius 2 is 2.00 bits per heavy atom. The Labute approximate surface area is 96.7 Å². The van der Waals surface area contributed by atoms with Crippen molar-refractivity contribution in [3.63, 3.8) is 0 Å². The van der Waals surface area contributed by atoms with E-state index in [9.17, 15) is 4.79 Å². The van der Waals surface area contributed by atoms with Gasteiger partial charge in [-0.05, 0) is 39.5 Å². The Balaban J connectivity index is 2.27. The molecule has 88 valence electrons. The molecule has 0 aromatic rings. The normalized spacial score (nSPS) is 25.7. The lowest BCUT2D eigenvalue weighted by Gasteiger charge is -2.34. The van der Waals surface area contributed by atoms with Crippen LogP contribution in [0.15, 0.2) is 0 Å². The van der Waals surface area contributed by atoms with Gasteiger partial charge in [0.2, 0.25) is 0 Å². The van der Waals surface area contributed by atoms with Crippen molar-refractivity contribution in [2.24, 2.45) is 5.92 Å². The third kappa shape index (κ3) is 4.29. The lowest BCUT2D eigenvalue weighted by atomic mass is 9.84. The van der Waals surface area contributed by atoms with Crippen LogP contribution in [-0.4, -0.2) is 35.6 Å². The number of amides is 1. The van der Waals surface area contributed by atoms with Crippen molar-refractivity contribution in [2.45, 2.75) is 44.6 Å². The van der Waals surface area contributed by atoms with Gasteiger partial charge in [0.15, 0.2) is 0 Å². The summed E-state index contributed by atoms with van der Waals surface area (Å²) < 4.78 is 5.25. The maximum atomic E-state index is 11.6. The molecule has 0 unspecified atom stereocenters. The Bertz CT molecular complexity index is 231. The first kappa shape index (κ1) is 12.6. The molecule has 0 heterocycles. The number of nitrogens with zero attached hydrogens (tertiary/aromatic N) is 1. The quantitative estimate of drug-likeness (QED) is 0.687. The van der Waals surface area contributed by atoms with Crippen molar-refractivity contribution < 1.29 is 9.53 Å². The van der Waals surface area contributed by atoms with Crippen molar-refractivity contribution in [3.05, 3.63) is 0 Å². The highest BCUT2D eigenvalue weighted by molar-refractivity contribution is 6.21. The molecule has 1 amide bonds. The number of hydrogen-bond acceptors (Lipinski definition) is 2. The van der Waals surface area contributed by atoms with Crippen LogP contribution in [0.4, 0.5) is 4.79 Å². The van der Waals surface area contributed by atoms with Crippen molar-refractivity contribution >= 4 is 17.7 Å². The fourth-order valence-corrected chi connectivity index (χ4v) is 2.11. The van der Waals surface area contributed by atoms with Crippen LogP contribution < -0.4 is 0 Å². The third-order valence-electron chi connectivity index (χ3n) is 2.42. The monoisotopic (exact) mass is 233 g/mol. The van der Waals surface area contributed by atoms with Gasteiger partial charge in [0, 0.05) is 19.0 Å². The van der Waals surface area contributed by atoms with Crippen molar-refractivity contribution in [1.82, 2.24) is 4.90 Å². The Morgan fingerprint density at radius 3 is 2.40 bits per heavy atom. The second-order valence-electron chi connectivity index (χ2n) is 5.30. The Kier molecular flexibility index (Phi) is 3.87. The molecule has 0 aliphatic heterocycles. The van der Waals surface area contributed by atoms with Gasteiger partial charge in [-0.15, -0.1) is 11.6 Å². The lowest BCUT2D eigenvalue weighted by Crippen LogP contribution is -2.40. The number of alkyl halides is 1. The molecule has 0 bridgehead atoms. The molecule has 0 aromatic carbocycles. The number of rotatable bonds is 2. The summed E-state index contributed by atoms with van der Waals surface area (Å²) in [5, 5.41) is 0.307. The van der Waals surface area contributed by atoms with Crippen LogP contribution in [0, 0.1) is 5.92 Å². The smallest absolute Gasteiger partial charge is 0.410 e. The summed E-state index contributed by atoms with van der Waals surface area (Å²) in [6.07, 6.45) is 1.77. The van der Waals surface area contributed by atoms with Crippen molar-refractivity contribution in [2.75, 3.05) is 13.6 Å². The maximum Gasteiger partial charge on any atom is 0.410 e. The van der Waals surface area contributed by atoms with E-state index in [-0.39, 0.29) is 6.09 Å². The Morgan fingerprint density at radius 1 is 1.47 bits per heavy atom. The van der Waals surface area contributed by atoms with Gasteiger partial charge in [0.1, 0.15) is 5.60 Å². The summed E-state index contributed by atoms with van der Waals surface area (Å²) in [5.74, 6) is 0.546.